The molecule has 3 rings (SSSR count). The van der Waals surface area contributed by atoms with Crippen molar-refractivity contribution in [1.29, 1.82) is 0 Å². The largest absolute Gasteiger partial charge is 0.337 e. The third-order valence-electron chi connectivity index (χ3n) is 4.10. The fourth-order valence-electron chi connectivity index (χ4n) is 2.74. The molecule has 1 aromatic heterocycles. The molecule has 4 nitrogen and oxygen atoms in total. The quantitative estimate of drug-likeness (QED) is 0.884. The third kappa shape index (κ3) is 1.99. The molecule has 1 aliphatic heterocycles. The smallest absolute Gasteiger partial charge is 0.225 e. The van der Waals surface area contributed by atoms with Gasteiger partial charge in [0.05, 0.1) is 5.54 Å². The first-order valence-corrected chi connectivity index (χ1v) is 6.87. The lowest BCUT2D eigenvalue weighted by Gasteiger charge is -2.48. The molecule has 1 aliphatic carbocycles. The Morgan fingerprint density at radius 3 is 2.56 bits per heavy atom. The summed E-state index contributed by atoms with van der Waals surface area (Å²) in [6.45, 7) is 8.20. The van der Waals surface area contributed by atoms with Gasteiger partial charge in [-0.1, -0.05) is 13.8 Å². The molecule has 0 atom stereocenters. The first-order valence-electron chi connectivity index (χ1n) is 6.87. The van der Waals surface area contributed by atoms with Crippen LogP contribution in [0.15, 0.2) is 6.07 Å². The average molecular weight is 246 g/mol. The second-order valence-corrected chi connectivity index (χ2v) is 6.25. The fraction of sp³-hybridized carbons (Fsp3) is 0.714. The molecule has 1 aromatic rings. The highest BCUT2D eigenvalue weighted by molar-refractivity contribution is 5.41. The van der Waals surface area contributed by atoms with Crippen molar-refractivity contribution in [3.8, 4) is 0 Å². The molecule has 0 unspecified atom stereocenters. The number of nitrogens with zero attached hydrogens (tertiary/aromatic N) is 3. The normalized spacial score (nSPS) is 22.2. The maximum atomic E-state index is 6.37. The Kier molecular flexibility index (Phi) is 2.59. The lowest BCUT2D eigenvalue weighted by atomic mass is 9.86. The maximum Gasteiger partial charge on any atom is 0.225 e. The number of aryl methyl sites for hydroxylation is 1. The van der Waals surface area contributed by atoms with Crippen LogP contribution < -0.4 is 10.6 Å². The first kappa shape index (κ1) is 11.9. The van der Waals surface area contributed by atoms with Crippen molar-refractivity contribution in [1.82, 2.24) is 9.97 Å². The van der Waals surface area contributed by atoms with Crippen LogP contribution >= 0.6 is 0 Å². The van der Waals surface area contributed by atoms with Crippen LogP contribution in [-0.4, -0.2) is 28.6 Å². The Hall–Kier alpha value is -1.16. The van der Waals surface area contributed by atoms with E-state index in [0.717, 1.165) is 36.3 Å². The number of nitrogens with two attached hydrogens (primary N) is 1. The van der Waals surface area contributed by atoms with Gasteiger partial charge in [-0.2, -0.15) is 0 Å². The number of rotatable bonds is 3. The van der Waals surface area contributed by atoms with Crippen molar-refractivity contribution in [2.75, 3.05) is 18.0 Å². The first-order chi connectivity index (χ1) is 8.48. The molecule has 98 valence electrons. The molecule has 2 heterocycles. The zero-order valence-corrected chi connectivity index (χ0v) is 11.5. The van der Waals surface area contributed by atoms with E-state index in [0.29, 0.717) is 5.92 Å². The second-order valence-electron chi connectivity index (χ2n) is 6.25. The van der Waals surface area contributed by atoms with E-state index < -0.39 is 0 Å². The van der Waals surface area contributed by atoms with Crippen LogP contribution in [0, 0.1) is 12.8 Å². The highest BCUT2D eigenvalue weighted by Gasteiger charge is 2.51. The molecule has 0 aromatic carbocycles. The van der Waals surface area contributed by atoms with Gasteiger partial charge in [-0.3, -0.25) is 0 Å². The van der Waals surface area contributed by atoms with E-state index in [1.54, 1.807) is 0 Å². The molecule has 2 N–H and O–H groups in total. The lowest BCUT2D eigenvalue weighted by molar-refractivity contribution is 0.287. The standard InChI is InChI=1S/C14H22N4/c1-9(2)12-6-10(3)16-13(17-12)18-7-14(15,8-18)11-4-5-11/h6,9,11H,4-5,7-8,15H2,1-3H3. The van der Waals surface area contributed by atoms with Crippen LogP contribution in [0.1, 0.15) is 44.0 Å². The monoisotopic (exact) mass is 246 g/mol. The molecule has 18 heavy (non-hydrogen) atoms. The van der Waals surface area contributed by atoms with Gasteiger partial charge in [-0.25, -0.2) is 9.97 Å². The van der Waals surface area contributed by atoms with Gasteiger partial charge in [0.15, 0.2) is 0 Å². The Morgan fingerprint density at radius 2 is 2.00 bits per heavy atom. The van der Waals surface area contributed by atoms with E-state index in [1.807, 2.05) is 6.92 Å². The van der Waals surface area contributed by atoms with Crippen molar-refractivity contribution < 1.29 is 0 Å². The summed E-state index contributed by atoms with van der Waals surface area (Å²) in [4.78, 5) is 11.4. The predicted octanol–water partition coefficient (Wildman–Crippen LogP) is 1.84. The minimum absolute atomic E-state index is 0.0328. The lowest BCUT2D eigenvalue weighted by Crippen LogP contribution is -2.69. The van der Waals surface area contributed by atoms with Crippen LogP contribution in [-0.2, 0) is 0 Å². The summed E-state index contributed by atoms with van der Waals surface area (Å²) >= 11 is 0. The van der Waals surface area contributed by atoms with Crippen LogP contribution in [0.4, 0.5) is 5.95 Å². The molecular weight excluding hydrogens is 224 g/mol. The van der Waals surface area contributed by atoms with Gasteiger partial charge in [-0.15, -0.1) is 0 Å². The molecule has 2 fully saturated rings. The van der Waals surface area contributed by atoms with Gasteiger partial charge in [0.1, 0.15) is 0 Å². The average Bonchev–Trinajstić information content (AvgIpc) is 3.07. The van der Waals surface area contributed by atoms with Crippen molar-refractivity contribution in [2.24, 2.45) is 11.7 Å². The third-order valence-corrected chi connectivity index (χ3v) is 4.10. The Labute approximate surface area is 109 Å². The van der Waals surface area contributed by atoms with Gasteiger partial charge < -0.3 is 10.6 Å². The van der Waals surface area contributed by atoms with E-state index in [9.17, 15) is 0 Å². The molecule has 1 saturated heterocycles. The second kappa shape index (κ2) is 3.92. The zero-order valence-electron chi connectivity index (χ0n) is 11.5. The SMILES string of the molecule is Cc1cc(C(C)C)nc(N2CC(N)(C3CC3)C2)n1. The summed E-state index contributed by atoms with van der Waals surface area (Å²) in [5.74, 6) is 2.04. The highest BCUT2D eigenvalue weighted by Crippen LogP contribution is 2.43. The molecular formula is C14H22N4. The van der Waals surface area contributed by atoms with Gasteiger partial charge in [-0.05, 0) is 37.7 Å². The molecule has 0 amide bonds. The Balaban J connectivity index is 1.77. The van der Waals surface area contributed by atoms with E-state index in [2.05, 4.69) is 34.8 Å². The Bertz CT molecular complexity index is 459. The van der Waals surface area contributed by atoms with Crippen LogP contribution in [0.25, 0.3) is 0 Å². The summed E-state index contributed by atoms with van der Waals surface area (Å²) in [5.41, 5.74) is 8.58. The summed E-state index contributed by atoms with van der Waals surface area (Å²) in [7, 11) is 0. The number of anilines is 1. The molecule has 4 heteroatoms. The van der Waals surface area contributed by atoms with Crippen LogP contribution in [0.3, 0.4) is 0 Å². The van der Waals surface area contributed by atoms with E-state index >= 15 is 0 Å². The van der Waals surface area contributed by atoms with Gasteiger partial charge >= 0.3 is 0 Å². The zero-order chi connectivity index (χ0) is 12.9. The summed E-state index contributed by atoms with van der Waals surface area (Å²) in [6.07, 6.45) is 2.60. The van der Waals surface area contributed by atoms with Gasteiger partial charge in [0.2, 0.25) is 5.95 Å². The molecule has 1 saturated carbocycles. The number of aromatic nitrogens is 2. The van der Waals surface area contributed by atoms with Crippen LogP contribution in [0.2, 0.25) is 0 Å². The van der Waals surface area contributed by atoms with Crippen molar-refractivity contribution >= 4 is 5.95 Å². The van der Waals surface area contributed by atoms with E-state index in [-0.39, 0.29) is 5.54 Å². The molecule has 0 bridgehead atoms. The van der Waals surface area contributed by atoms with E-state index in [1.165, 1.54) is 12.8 Å². The van der Waals surface area contributed by atoms with E-state index in [4.69, 9.17) is 5.73 Å². The van der Waals surface area contributed by atoms with Gasteiger partial charge in [0, 0.05) is 24.5 Å². The van der Waals surface area contributed by atoms with Gasteiger partial charge in [0.25, 0.3) is 0 Å². The summed E-state index contributed by atoms with van der Waals surface area (Å²) in [5, 5.41) is 0. The number of hydrogen-bond donors (Lipinski definition) is 1. The Morgan fingerprint density at radius 1 is 1.33 bits per heavy atom. The molecule has 0 spiro atoms. The minimum Gasteiger partial charge on any atom is -0.337 e. The van der Waals surface area contributed by atoms with Crippen molar-refractivity contribution in [3.63, 3.8) is 0 Å². The molecule has 0 radical (unpaired) electrons. The highest BCUT2D eigenvalue weighted by atomic mass is 15.3. The maximum absolute atomic E-state index is 6.37. The van der Waals surface area contributed by atoms with Crippen molar-refractivity contribution in [3.05, 3.63) is 17.5 Å². The summed E-state index contributed by atoms with van der Waals surface area (Å²) in [6, 6.07) is 2.07. The topological polar surface area (TPSA) is 55.0 Å². The fourth-order valence-corrected chi connectivity index (χ4v) is 2.74. The van der Waals surface area contributed by atoms with Crippen LogP contribution in [0.5, 0.6) is 0 Å². The predicted molar refractivity (Wildman–Crippen MR) is 72.7 cm³/mol. The summed E-state index contributed by atoms with van der Waals surface area (Å²) < 4.78 is 0. The van der Waals surface area contributed by atoms with Crippen molar-refractivity contribution in [2.45, 2.75) is 45.1 Å². The number of hydrogen-bond acceptors (Lipinski definition) is 4. The minimum atomic E-state index is 0.0328. The molecule has 2 aliphatic rings.